The van der Waals surface area contributed by atoms with Crippen molar-refractivity contribution in [1.29, 1.82) is 0 Å². The van der Waals surface area contributed by atoms with Gasteiger partial charge >= 0.3 is 0 Å². The molecule has 6 heteroatoms. The van der Waals surface area contributed by atoms with Crippen LogP contribution >= 0.6 is 11.6 Å². The fourth-order valence-electron chi connectivity index (χ4n) is 2.34. The van der Waals surface area contributed by atoms with E-state index in [1.54, 1.807) is 35.2 Å². The fourth-order valence-corrected chi connectivity index (χ4v) is 2.51. The number of fused-ring (bicyclic) bond motifs is 1. The summed E-state index contributed by atoms with van der Waals surface area (Å²) in [6.07, 6.45) is 4.23. The van der Waals surface area contributed by atoms with Crippen molar-refractivity contribution in [1.82, 2.24) is 14.5 Å². The average molecular weight is 330 g/mol. The second-order valence-corrected chi connectivity index (χ2v) is 5.60. The van der Waals surface area contributed by atoms with Crippen LogP contribution in [0.15, 0.2) is 47.5 Å². The Balaban J connectivity index is 2.02. The molecule has 0 spiro atoms. The SMILES string of the molecule is CCCn1c(OCc2cccnc2)nc2ccc(Cl)cc2c1=O. The number of nitrogens with zero attached hydrogens (tertiary/aromatic N) is 3. The van der Waals surface area contributed by atoms with Crippen molar-refractivity contribution < 1.29 is 4.74 Å². The molecule has 0 aliphatic rings. The van der Waals surface area contributed by atoms with Crippen LogP contribution in [0.5, 0.6) is 6.01 Å². The summed E-state index contributed by atoms with van der Waals surface area (Å²) in [6, 6.07) is 9.15. The van der Waals surface area contributed by atoms with Crippen molar-refractivity contribution in [3.63, 3.8) is 0 Å². The Morgan fingerprint density at radius 2 is 2.17 bits per heavy atom. The van der Waals surface area contributed by atoms with Crippen LogP contribution in [-0.2, 0) is 13.2 Å². The summed E-state index contributed by atoms with van der Waals surface area (Å²) in [6.45, 7) is 2.85. The lowest BCUT2D eigenvalue weighted by Gasteiger charge is -2.13. The molecule has 0 bridgehead atoms. The van der Waals surface area contributed by atoms with Crippen LogP contribution in [0.25, 0.3) is 10.9 Å². The molecule has 5 nitrogen and oxygen atoms in total. The highest BCUT2D eigenvalue weighted by Gasteiger charge is 2.12. The summed E-state index contributed by atoms with van der Waals surface area (Å²) in [7, 11) is 0. The average Bonchev–Trinajstić information content (AvgIpc) is 2.57. The molecule has 2 aromatic heterocycles. The predicted molar refractivity (Wildman–Crippen MR) is 89.9 cm³/mol. The molecule has 3 rings (SSSR count). The van der Waals surface area contributed by atoms with E-state index in [0.717, 1.165) is 12.0 Å². The van der Waals surface area contributed by atoms with Gasteiger partial charge in [0, 0.05) is 29.5 Å². The van der Waals surface area contributed by atoms with Gasteiger partial charge in [0.05, 0.1) is 10.9 Å². The summed E-state index contributed by atoms with van der Waals surface area (Å²) in [5.74, 6) is 0. The van der Waals surface area contributed by atoms with E-state index in [0.29, 0.717) is 35.1 Å². The van der Waals surface area contributed by atoms with E-state index < -0.39 is 0 Å². The number of ether oxygens (including phenoxy) is 1. The summed E-state index contributed by atoms with van der Waals surface area (Å²) in [5, 5.41) is 1.02. The number of hydrogen-bond donors (Lipinski definition) is 0. The number of rotatable bonds is 5. The minimum atomic E-state index is -0.138. The summed E-state index contributed by atoms with van der Waals surface area (Å²) in [4.78, 5) is 21.2. The zero-order chi connectivity index (χ0) is 16.2. The zero-order valence-electron chi connectivity index (χ0n) is 12.7. The maximum atomic E-state index is 12.7. The molecule has 118 valence electrons. The van der Waals surface area contributed by atoms with Crippen LogP contribution in [0.4, 0.5) is 0 Å². The van der Waals surface area contributed by atoms with Crippen molar-refractivity contribution in [2.45, 2.75) is 26.5 Å². The van der Waals surface area contributed by atoms with Crippen molar-refractivity contribution in [3.05, 3.63) is 63.7 Å². The van der Waals surface area contributed by atoms with Crippen LogP contribution in [0.1, 0.15) is 18.9 Å². The molecule has 0 aliphatic carbocycles. The van der Waals surface area contributed by atoms with Gasteiger partial charge in [-0.05, 0) is 30.7 Å². The standard InChI is InChI=1S/C17H16ClN3O2/c1-2-8-21-16(22)14-9-13(18)5-6-15(14)20-17(21)23-11-12-4-3-7-19-10-12/h3-7,9-10H,2,8,11H2,1H3. The first-order valence-electron chi connectivity index (χ1n) is 7.41. The molecule has 3 aromatic rings. The van der Waals surface area contributed by atoms with Gasteiger partial charge in [-0.2, -0.15) is 4.98 Å². The van der Waals surface area contributed by atoms with Gasteiger partial charge in [-0.25, -0.2) is 0 Å². The van der Waals surface area contributed by atoms with E-state index in [1.165, 1.54) is 0 Å². The molecule has 2 heterocycles. The first kappa shape index (κ1) is 15.5. The topological polar surface area (TPSA) is 57.0 Å². The first-order chi connectivity index (χ1) is 11.2. The molecule has 1 aromatic carbocycles. The molecule has 0 aliphatic heterocycles. The van der Waals surface area contributed by atoms with Gasteiger partial charge in [-0.3, -0.25) is 14.3 Å². The van der Waals surface area contributed by atoms with Gasteiger partial charge in [0.15, 0.2) is 0 Å². The highest BCUT2D eigenvalue weighted by Crippen LogP contribution is 2.18. The summed E-state index contributed by atoms with van der Waals surface area (Å²) >= 11 is 5.99. The van der Waals surface area contributed by atoms with Gasteiger partial charge in [0.2, 0.25) is 0 Å². The number of halogens is 1. The number of pyridine rings is 1. The Bertz CT molecular complexity index is 878. The van der Waals surface area contributed by atoms with Crippen molar-refractivity contribution in [2.75, 3.05) is 0 Å². The van der Waals surface area contributed by atoms with Crippen LogP contribution in [0.3, 0.4) is 0 Å². The highest BCUT2D eigenvalue weighted by molar-refractivity contribution is 6.31. The normalized spacial score (nSPS) is 10.9. The smallest absolute Gasteiger partial charge is 0.300 e. The summed E-state index contributed by atoms with van der Waals surface area (Å²) in [5.41, 5.74) is 1.36. The third kappa shape index (κ3) is 3.35. The monoisotopic (exact) mass is 329 g/mol. The minimum absolute atomic E-state index is 0.138. The van der Waals surface area contributed by atoms with Crippen LogP contribution in [-0.4, -0.2) is 14.5 Å². The second-order valence-electron chi connectivity index (χ2n) is 5.16. The lowest BCUT2D eigenvalue weighted by molar-refractivity contribution is 0.261. The lowest BCUT2D eigenvalue weighted by atomic mass is 10.2. The van der Waals surface area contributed by atoms with Gasteiger partial charge in [0.1, 0.15) is 6.61 Å². The Labute approximate surface area is 138 Å². The Hall–Kier alpha value is -2.40. The van der Waals surface area contributed by atoms with E-state index in [2.05, 4.69) is 9.97 Å². The molecule has 0 saturated carbocycles. The van der Waals surface area contributed by atoms with Gasteiger partial charge < -0.3 is 4.74 Å². The van der Waals surface area contributed by atoms with E-state index in [-0.39, 0.29) is 5.56 Å². The number of aromatic nitrogens is 3. The Morgan fingerprint density at radius 3 is 2.91 bits per heavy atom. The molecular formula is C17H16ClN3O2. The second kappa shape index (κ2) is 6.79. The largest absolute Gasteiger partial charge is 0.460 e. The van der Waals surface area contributed by atoms with E-state index in [1.807, 2.05) is 19.1 Å². The van der Waals surface area contributed by atoms with Crippen molar-refractivity contribution in [2.24, 2.45) is 0 Å². The number of hydrogen-bond acceptors (Lipinski definition) is 4. The van der Waals surface area contributed by atoms with Crippen LogP contribution < -0.4 is 10.3 Å². The van der Waals surface area contributed by atoms with E-state index >= 15 is 0 Å². The lowest BCUT2D eigenvalue weighted by Crippen LogP contribution is -2.23. The quantitative estimate of drug-likeness (QED) is 0.719. The fraction of sp³-hybridized carbons (Fsp3) is 0.235. The predicted octanol–water partition coefficient (Wildman–Crippen LogP) is 3.43. The maximum Gasteiger partial charge on any atom is 0.300 e. The number of benzene rings is 1. The Kier molecular flexibility index (Phi) is 4.57. The Morgan fingerprint density at radius 1 is 1.30 bits per heavy atom. The van der Waals surface area contributed by atoms with Crippen molar-refractivity contribution in [3.8, 4) is 6.01 Å². The van der Waals surface area contributed by atoms with E-state index in [9.17, 15) is 4.79 Å². The molecule has 0 atom stereocenters. The van der Waals surface area contributed by atoms with Crippen LogP contribution in [0.2, 0.25) is 5.02 Å². The van der Waals surface area contributed by atoms with Crippen LogP contribution in [0, 0.1) is 0 Å². The van der Waals surface area contributed by atoms with Crippen molar-refractivity contribution >= 4 is 22.5 Å². The molecule has 0 unspecified atom stereocenters. The molecule has 23 heavy (non-hydrogen) atoms. The summed E-state index contributed by atoms with van der Waals surface area (Å²) < 4.78 is 7.32. The highest BCUT2D eigenvalue weighted by atomic mass is 35.5. The maximum absolute atomic E-state index is 12.7. The zero-order valence-corrected chi connectivity index (χ0v) is 13.5. The molecule has 0 saturated heterocycles. The molecule has 0 radical (unpaired) electrons. The molecule has 0 fully saturated rings. The molecule has 0 N–H and O–H groups in total. The van der Waals surface area contributed by atoms with Gasteiger partial charge in [-0.15, -0.1) is 0 Å². The van der Waals surface area contributed by atoms with Gasteiger partial charge in [-0.1, -0.05) is 24.6 Å². The first-order valence-corrected chi connectivity index (χ1v) is 7.78. The minimum Gasteiger partial charge on any atom is -0.460 e. The van der Waals surface area contributed by atoms with E-state index in [4.69, 9.17) is 16.3 Å². The third-order valence-corrected chi connectivity index (χ3v) is 3.65. The van der Waals surface area contributed by atoms with Gasteiger partial charge in [0.25, 0.3) is 11.6 Å². The molecular weight excluding hydrogens is 314 g/mol. The molecule has 0 amide bonds. The third-order valence-electron chi connectivity index (χ3n) is 3.42.